The molecule has 2 aromatic rings. The fourth-order valence-corrected chi connectivity index (χ4v) is 2.85. The van der Waals surface area contributed by atoms with E-state index in [0.717, 1.165) is 12.8 Å². The predicted molar refractivity (Wildman–Crippen MR) is 66.7 cm³/mol. The Morgan fingerprint density at radius 3 is 2.63 bits per heavy atom. The third-order valence-corrected chi connectivity index (χ3v) is 4.01. The van der Waals surface area contributed by atoms with E-state index in [2.05, 4.69) is 10.2 Å². The molecule has 1 saturated carbocycles. The van der Waals surface area contributed by atoms with Gasteiger partial charge in [0, 0.05) is 22.3 Å². The number of nitrogens with zero attached hydrogens (tertiary/aromatic N) is 3. The van der Waals surface area contributed by atoms with Crippen molar-refractivity contribution >= 4 is 19.7 Å². The highest BCUT2D eigenvalue weighted by molar-refractivity contribution is 8.13. The Morgan fingerprint density at radius 2 is 2.05 bits per heavy atom. The van der Waals surface area contributed by atoms with Crippen LogP contribution in [0.1, 0.15) is 18.9 Å². The van der Waals surface area contributed by atoms with Crippen LogP contribution in [0, 0.1) is 5.82 Å². The first-order valence-corrected chi connectivity index (χ1v) is 7.93. The first-order valence-electron chi connectivity index (χ1n) is 5.62. The monoisotopic (exact) mass is 301 g/mol. The van der Waals surface area contributed by atoms with Crippen LogP contribution in [0.15, 0.2) is 29.4 Å². The zero-order valence-corrected chi connectivity index (χ0v) is 11.2. The number of hydrogen-bond acceptors (Lipinski definition) is 4. The highest BCUT2D eigenvalue weighted by Crippen LogP contribution is 2.40. The van der Waals surface area contributed by atoms with Gasteiger partial charge in [0.15, 0.2) is 5.82 Å². The molecule has 19 heavy (non-hydrogen) atoms. The second kappa shape index (κ2) is 4.28. The Morgan fingerprint density at radius 1 is 1.32 bits per heavy atom. The molecule has 1 aromatic heterocycles. The van der Waals surface area contributed by atoms with Crippen LogP contribution in [-0.4, -0.2) is 23.2 Å². The maximum atomic E-state index is 13.2. The molecule has 1 aliphatic carbocycles. The average Bonchev–Trinajstić information content (AvgIpc) is 3.06. The molecule has 0 spiro atoms. The van der Waals surface area contributed by atoms with Crippen molar-refractivity contribution in [2.75, 3.05) is 0 Å². The van der Waals surface area contributed by atoms with Crippen LogP contribution in [0.25, 0.3) is 11.4 Å². The molecule has 0 bridgehead atoms. The Balaban J connectivity index is 2.20. The van der Waals surface area contributed by atoms with Crippen molar-refractivity contribution < 1.29 is 12.8 Å². The molecule has 3 rings (SSSR count). The summed E-state index contributed by atoms with van der Waals surface area (Å²) in [4.78, 5) is 0. The van der Waals surface area contributed by atoms with Gasteiger partial charge in [0.25, 0.3) is 14.2 Å². The van der Waals surface area contributed by atoms with E-state index in [1.165, 1.54) is 22.8 Å². The Hall–Kier alpha value is -1.47. The molecule has 8 heteroatoms. The molecule has 1 aromatic carbocycles. The predicted octanol–water partition coefficient (Wildman–Crippen LogP) is 2.35. The van der Waals surface area contributed by atoms with Gasteiger partial charge in [-0.05, 0) is 25.0 Å². The second-order valence-electron chi connectivity index (χ2n) is 4.36. The SMILES string of the molecule is O=S(=O)(Cl)c1nnc(-c2cccc(F)c2)n1C1CC1. The molecule has 1 heterocycles. The van der Waals surface area contributed by atoms with Crippen LogP contribution in [0.2, 0.25) is 0 Å². The van der Waals surface area contributed by atoms with E-state index < -0.39 is 14.9 Å². The Kier molecular flexibility index (Phi) is 2.83. The van der Waals surface area contributed by atoms with Crippen molar-refractivity contribution in [2.24, 2.45) is 0 Å². The number of aromatic nitrogens is 3. The summed E-state index contributed by atoms with van der Waals surface area (Å²) in [6.45, 7) is 0. The third-order valence-electron chi connectivity index (χ3n) is 2.88. The molecular formula is C11H9ClFN3O2S. The van der Waals surface area contributed by atoms with Crippen LogP contribution in [-0.2, 0) is 9.05 Å². The summed E-state index contributed by atoms with van der Waals surface area (Å²) >= 11 is 0. The Labute approximate surface area is 113 Å². The lowest BCUT2D eigenvalue weighted by Gasteiger charge is -2.07. The number of hydrogen-bond donors (Lipinski definition) is 0. The fraction of sp³-hybridized carbons (Fsp3) is 0.273. The minimum Gasteiger partial charge on any atom is -0.294 e. The zero-order valence-electron chi connectivity index (χ0n) is 9.62. The average molecular weight is 302 g/mol. The first-order chi connectivity index (χ1) is 8.97. The van der Waals surface area contributed by atoms with Crippen LogP contribution in [0.3, 0.4) is 0 Å². The van der Waals surface area contributed by atoms with Gasteiger partial charge in [0.1, 0.15) is 5.82 Å². The van der Waals surface area contributed by atoms with Gasteiger partial charge in [-0.2, -0.15) is 0 Å². The van der Waals surface area contributed by atoms with E-state index in [0.29, 0.717) is 11.4 Å². The van der Waals surface area contributed by atoms with Gasteiger partial charge in [0.2, 0.25) is 0 Å². The molecule has 0 amide bonds. The molecule has 0 radical (unpaired) electrons. The number of benzene rings is 1. The highest BCUT2D eigenvalue weighted by Gasteiger charge is 2.34. The lowest BCUT2D eigenvalue weighted by atomic mass is 10.2. The van der Waals surface area contributed by atoms with Crippen LogP contribution in [0.4, 0.5) is 4.39 Å². The number of halogens is 2. The topological polar surface area (TPSA) is 64.8 Å². The van der Waals surface area contributed by atoms with Crippen molar-refractivity contribution in [3.63, 3.8) is 0 Å². The third kappa shape index (κ3) is 2.35. The molecule has 1 fully saturated rings. The van der Waals surface area contributed by atoms with Crippen molar-refractivity contribution in [2.45, 2.75) is 24.0 Å². The molecule has 0 atom stereocenters. The lowest BCUT2D eigenvalue weighted by Crippen LogP contribution is -2.06. The number of rotatable bonds is 3. The van der Waals surface area contributed by atoms with Gasteiger partial charge >= 0.3 is 0 Å². The molecule has 0 N–H and O–H groups in total. The van der Waals surface area contributed by atoms with E-state index in [1.807, 2.05) is 0 Å². The van der Waals surface area contributed by atoms with E-state index in [4.69, 9.17) is 10.7 Å². The summed E-state index contributed by atoms with van der Waals surface area (Å²) in [6.07, 6.45) is 1.67. The van der Waals surface area contributed by atoms with Gasteiger partial charge in [-0.3, -0.25) is 4.57 Å². The van der Waals surface area contributed by atoms with Gasteiger partial charge in [-0.1, -0.05) is 12.1 Å². The minimum absolute atomic E-state index is 0.0109. The molecular weight excluding hydrogens is 293 g/mol. The van der Waals surface area contributed by atoms with E-state index in [-0.39, 0.29) is 11.2 Å². The van der Waals surface area contributed by atoms with Crippen LogP contribution in [0.5, 0.6) is 0 Å². The first kappa shape index (κ1) is 12.6. The summed E-state index contributed by atoms with van der Waals surface area (Å²) in [5.74, 6) is -0.0978. The summed E-state index contributed by atoms with van der Waals surface area (Å²) in [5.41, 5.74) is 0.478. The van der Waals surface area contributed by atoms with Crippen molar-refractivity contribution in [1.82, 2.24) is 14.8 Å². The van der Waals surface area contributed by atoms with E-state index >= 15 is 0 Å². The molecule has 100 valence electrons. The fourth-order valence-electron chi connectivity index (χ4n) is 1.93. The van der Waals surface area contributed by atoms with Crippen molar-refractivity contribution in [3.05, 3.63) is 30.1 Å². The van der Waals surface area contributed by atoms with Gasteiger partial charge < -0.3 is 0 Å². The maximum absolute atomic E-state index is 13.2. The van der Waals surface area contributed by atoms with Gasteiger partial charge in [-0.25, -0.2) is 12.8 Å². The summed E-state index contributed by atoms with van der Waals surface area (Å²) in [7, 11) is 1.37. The normalized spacial score (nSPS) is 15.7. The highest BCUT2D eigenvalue weighted by atomic mass is 35.7. The minimum atomic E-state index is -3.97. The van der Waals surface area contributed by atoms with Gasteiger partial charge in [-0.15, -0.1) is 10.2 Å². The molecule has 0 unspecified atom stereocenters. The van der Waals surface area contributed by atoms with Crippen molar-refractivity contribution in [1.29, 1.82) is 0 Å². The van der Waals surface area contributed by atoms with E-state index in [1.54, 1.807) is 6.07 Å². The van der Waals surface area contributed by atoms with E-state index in [9.17, 15) is 12.8 Å². The van der Waals surface area contributed by atoms with Crippen LogP contribution < -0.4 is 0 Å². The molecule has 1 aliphatic rings. The summed E-state index contributed by atoms with van der Waals surface area (Å²) in [6, 6.07) is 5.78. The standard InChI is InChI=1S/C11H9ClFN3O2S/c12-19(17,18)11-15-14-10(16(11)9-4-5-9)7-2-1-3-8(13)6-7/h1-3,6,9H,4-5H2. The molecule has 0 aliphatic heterocycles. The lowest BCUT2D eigenvalue weighted by molar-refractivity contribution is 0.579. The zero-order chi connectivity index (χ0) is 13.6. The smallest absolute Gasteiger partial charge is 0.294 e. The molecule has 5 nitrogen and oxygen atoms in total. The Bertz CT molecular complexity index is 740. The van der Waals surface area contributed by atoms with Crippen molar-refractivity contribution in [3.8, 4) is 11.4 Å². The largest absolute Gasteiger partial charge is 0.296 e. The van der Waals surface area contributed by atoms with Gasteiger partial charge in [0.05, 0.1) is 0 Å². The summed E-state index contributed by atoms with van der Waals surface area (Å²) < 4.78 is 37.6. The second-order valence-corrected chi connectivity index (χ2v) is 6.82. The maximum Gasteiger partial charge on any atom is 0.296 e. The quantitative estimate of drug-likeness (QED) is 0.816. The summed E-state index contributed by atoms with van der Waals surface area (Å²) in [5, 5.41) is 7.18. The molecule has 0 saturated heterocycles. The van der Waals surface area contributed by atoms with Crippen LogP contribution >= 0.6 is 10.7 Å².